The highest BCUT2D eigenvalue weighted by Crippen LogP contribution is 2.09. The van der Waals surface area contributed by atoms with Crippen LogP contribution in [0.2, 0.25) is 0 Å². The Balaban J connectivity index is 2.01. The number of nitrogens with one attached hydrogen (secondary N) is 1. The smallest absolute Gasteiger partial charge is 0.273 e. The summed E-state index contributed by atoms with van der Waals surface area (Å²) in [7, 11) is 0. The molecule has 0 radical (unpaired) electrons. The van der Waals surface area contributed by atoms with Crippen LogP contribution in [0.4, 0.5) is 5.69 Å². The standard InChI is InChI=1S/C12H11N3OS/c13-11-6-2-1-5-10(11)12(16)15-14-8-9-4-3-7-17-9/h1-8H,13H2,(H,15,16)/b14-8+. The predicted octanol–water partition coefficient (Wildman–Crippen LogP) is 2.09. The summed E-state index contributed by atoms with van der Waals surface area (Å²) in [6, 6.07) is 10.7. The highest BCUT2D eigenvalue weighted by Gasteiger charge is 2.06. The van der Waals surface area contributed by atoms with E-state index in [-0.39, 0.29) is 5.91 Å². The van der Waals surface area contributed by atoms with Gasteiger partial charge in [-0.05, 0) is 23.6 Å². The number of nitrogens with two attached hydrogens (primary N) is 1. The van der Waals surface area contributed by atoms with Gasteiger partial charge in [-0.25, -0.2) is 5.43 Å². The Hall–Kier alpha value is -2.14. The van der Waals surface area contributed by atoms with Gasteiger partial charge in [0.2, 0.25) is 0 Å². The van der Waals surface area contributed by atoms with Crippen molar-refractivity contribution in [1.82, 2.24) is 5.43 Å². The number of amides is 1. The van der Waals surface area contributed by atoms with E-state index in [1.807, 2.05) is 17.5 Å². The first-order chi connectivity index (χ1) is 8.27. The number of carbonyl (C=O) groups is 1. The van der Waals surface area contributed by atoms with E-state index in [2.05, 4.69) is 10.5 Å². The number of nitrogen functional groups attached to an aromatic ring is 1. The van der Waals surface area contributed by atoms with Gasteiger partial charge in [0.25, 0.3) is 5.91 Å². The second-order valence-corrected chi connectivity index (χ2v) is 4.28. The van der Waals surface area contributed by atoms with E-state index in [1.54, 1.807) is 41.8 Å². The number of thiophene rings is 1. The fraction of sp³-hybridized carbons (Fsp3) is 0. The fourth-order valence-corrected chi connectivity index (χ4v) is 1.87. The summed E-state index contributed by atoms with van der Waals surface area (Å²) in [6.45, 7) is 0. The van der Waals surface area contributed by atoms with Gasteiger partial charge in [-0.2, -0.15) is 5.10 Å². The summed E-state index contributed by atoms with van der Waals surface area (Å²) >= 11 is 1.55. The van der Waals surface area contributed by atoms with Crippen LogP contribution in [0.15, 0.2) is 46.9 Å². The van der Waals surface area contributed by atoms with Gasteiger partial charge >= 0.3 is 0 Å². The van der Waals surface area contributed by atoms with Crippen LogP contribution >= 0.6 is 11.3 Å². The molecule has 0 aliphatic rings. The van der Waals surface area contributed by atoms with Crippen molar-refractivity contribution in [3.63, 3.8) is 0 Å². The highest BCUT2D eigenvalue weighted by atomic mass is 32.1. The quantitative estimate of drug-likeness (QED) is 0.494. The molecule has 3 N–H and O–H groups in total. The van der Waals surface area contributed by atoms with Crippen molar-refractivity contribution in [2.45, 2.75) is 0 Å². The molecule has 1 heterocycles. The van der Waals surface area contributed by atoms with Crippen molar-refractivity contribution in [3.05, 3.63) is 52.2 Å². The lowest BCUT2D eigenvalue weighted by atomic mass is 10.2. The van der Waals surface area contributed by atoms with Crippen LogP contribution < -0.4 is 11.2 Å². The summed E-state index contributed by atoms with van der Waals surface area (Å²) in [5.74, 6) is -0.309. The number of benzene rings is 1. The number of para-hydroxylation sites is 1. The molecule has 86 valence electrons. The first-order valence-corrected chi connectivity index (χ1v) is 5.87. The van der Waals surface area contributed by atoms with Crippen molar-refractivity contribution < 1.29 is 4.79 Å². The van der Waals surface area contributed by atoms with Crippen LogP contribution in [0.3, 0.4) is 0 Å². The third kappa shape index (κ3) is 2.92. The van der Waals surface area contributed by atoms with Gasteiger partial charge in [-0.15, -0.1) is 11.3 Å². The predicted molar refractivity (Wildman–Crippen MR) is 70.2 cm³/mol. The molecule has 1 aromatic heterocycles. The Morgan fingerprint density at radius 1 is 1.29 bits per heavy atom. The fourth-order valence-electron chi connectivity index (χ4n) is 1.28. The largest absolute Gasteiger partial charge is 0.398 e. The molecule has 0 aliphatic carbocycles. The van der Waals surface area contributed by atoms with E-state index >= 15 is 0 Å². The SMILES string of the molecule is Nc1ccccc1C(=O)N/N=C/c1cccs1. The Labute approximate surface area is 103 Å². The molecule has 5 heteroatoms. The Bertz CT molecular complexity index is 534. The Morgan fingerprint density at radius 2 is 2.12 bits per heavy atom. The van der Waals surface area contributed by atoms with Crippen LogP contribution in [0.25, 0.3) is 0 Å². The van der Waals surface area contributed by atoms with Crippen LogP contribution in [0.1, 0.15) is 15.2 Å². The molecule has 0 unspecified atom stereocenters. The molecule has 1 amide bonds. The molecule has 0 spiro atoms. The van der Waals surface area contributed by atoms with Crippen molar-refractivity contribution in [2.24, 2.45) is 5.10 Å². The molecule has 0 fully saturated rings. The molecule has 0 bridgehead atoms. The van der Waals surface area contributed by atoms with E-state index in [4.69, 9.17) is 5.73 Å². The lowest BCUT2D eigenvalue weighted by molar-refractivity contribution is 0.0956. The number of anilines is 1. The van der Waals surface area contributed by atoms with Gasteiger partial charge in [0.05, 0.1) is 11.8 Å². The zero-order valence-corrected chi connectivity index (χ0v) is 9.78. The van der Waals surface area contributed by atoms with Crippen molar-refractivity contribution in [2.75, 3.05) is 5.73 Å². The maximum Gasteiger partial charge on any atom is 0.273 e. The summed E-state index contributed by atoms with van der Waals surface area (Å²) in [6.07, 6.45) is 1.60. The Morgan fingerprint density at radius 3 is 2.82 bits per heavy atom. The minimum absolute atomic E-state index is 0.309. The van der Waals surface area contributed by atoms with Crippen LogP contribution in [0, 0.1) is 0 Å². The third-order valence-corrected chi connectivity index (χ3v) is 2.91. The number of hydrogen-bond acceptors (Lipinski definition) is 4. The maximum atomic E-state index is 11.7. The van der Waals surface area contributed by atoms with E-state index in [0.29, 0.717) is 11.3 Å². The molecule has 4 nitrogen and oxygen atoms in total. The molecule has 17 heavy (non-hydrogen) atoms. The third-order valence-electron chi connectivity index (χ3n) is 2.11. The molecule has 0 aliphatic heterocycles. The number of hydrazone groups is 1. The first kappa shape index (κ1) is 11.3. The zero-order chi connectivity index (χ0) is 12.1. The molecular formula is C12H11N3OS. The lowest BCUT2D eigenvalue weighted by Gasteiger charge is -2.02. The molecule has 0 saturated carbocycles. The second kappa shape index (κ2) is 5.27. The summed E-state index contributed by atoms with van der Waals surface area (Å²) in [4.78, 5) is 12.7. The van der Waals surface area contributed by atoms with Crippen LogP contribution in [-0.4, -0.2) is 12.1 Å². The number of rotatable bonds is 3. The highest BCUT2D eigenvalue weighted by molar-refractivity contribution is 7.11. The van der Waals surface area contributed by atoms with E-state index in [0.717, 1.165) is 4.88 Å². The first-order valence-electron chi connectivity index (χ1n) is 4.99. The number of hydrogen-bond donors (Lipinski definition) is 2. The van der Waals surface area contributed by atoms with Gasteiger partial charge in [0, 0.05) is 10.6 Å². The molecular weight excluding hydrogens is 234 g/mol. The number of nitrogens with zero attached hydrogens (tertiary/aromatic N) is 1. The average molecular weight is 245 g/mol. The van der Waals surface area contributed by atoms with Crippen molar-refractivity contribution in [1.29, 1.82) is 0 Å². The monoisotopic (exact) mass is 245 g/mol. The molecule has 2 rings (SSSR count). The van der Waals surface area contributed by atoms with E-state index in [9.17, 15) is 4.79 Å². The van der Waals surface area contributed by atoms with Gasteiger partial charge in [-0.1, -0.05) is 18.2 Å². The van der Waals surface area contributed by atoms with E-state index in [1.165, 1.54) is 0 Å². The zero-order valence-electron chi connectivity index (χ0n) is 8.96. The van der Waals surface area contributed by atoms with Crippen LogP contribution in [-0.2, 0) is 0 Å². The molecule has 2 aromatic rings. The minimum atomic E-state index is -0.309. The number of carbonyl (C=O) groups excluding carboxylic acids is 1. The molecule has 0 atom stereocenters. The van der Waals surface area contributed by atoms with Gasteiger partial charge in [0.1, 0.15) is 0 Å². The summed E-state index contributed by atoms with van der Waals surface area (Å²) < 4.78 is 0. The Kier molecular flexibility index (Phi) is 3.52. The average Bonchev–Trinajstić information content (AvgIpc) is 2.82. The van der Waals surface area contributed by atoms with Crippen molar-refractivity contribution >= 4 is 29.1 Å². The van der Waals surface area contributed by atoms with Gasteiger partial charge in [0.15, 0.2) is 0 Å². The van der Waals surface area contributed by atoms with Gasteiger partial charge in [-0.3, -0.25) is 4.79 Å². The van der Waals surface area contributed by atoms with Crippen molar-refractivity contribution in [3.8, 4) is 0 Å². The van der Waals surface area contributed by atoms with E-state index < -0.39 is 0 Å². The summed E-state index contributed by atoms with van der Waals surface area (Å²) in [5, 5.41) is 5.80. The topological polar surface area (TPSA) is 67.5 Å². The summed E-state index contributed by atoms with van der Waals surface area (Å²) in [5.41, 5.74) is 8.98. The molecule has 0 saturated heterocycles. The maximum absolute atomic E-state index is 11.7. The van der Waals surface area contributed by atoms with Crippen LogP contribution in [0.5, 0.6) is 0 Å². The lowest BCUT2D eigenvalue weighted by Crippen LogP contribution is -2.18. The minimum Gasteiger partial charge on any atom is -0.398 e. The molecule has 1 aromatic carbocycles. The van der Waals surface area contributed by atoms with Gasteiger partial charge < -0.3 is 5.73 Å². The normalized spacial score (nSPS) is 10.6. The second-order valence-electron chi connectivity index (χ2n) is 3.30.